The van der Waals surface area contributed by atoms with Crippen LogP contribution < -0.4 is 5.73 Å². The molecule has 0 fully saturated rings. The molecule has 0 aliphatic carbocycles. The maximum absolute atomic E-state index is 12.5. The molecule has 17 heavy (non-hydrogen) atoms. The second-order valence-electron chi connectivity index (χ2n) is 3.22. The summed E-state index contributed by atoms with van der Waals surface area (Å²) in [4.78, 5) is 0. The number of anilines is 1. The highest BCUT2D eigenvalue weighted by Gasteiger charge is 2.46. The highest BCUT2D eigenvalue weighted by atomic mass is 19.4. The van der Waals surface area contributed by atoms with Gasteiger partial charge in [-0.3, -0.25) is 0 Å². The number of aliphatic hydroxyl groups is 1. The molecule has 1 aromatic carbocycles. The highest BCUT2D eigenvalue weighted by molar-refractivity contribution is 5.56. The molecule has 0 saturated carbocycles. The van der Waals surface area contributed by atoms with Crippen LogP contribution in [0.3, 0.4) is 0 Å². The molecule has 0 aliphatic heterocycles. The number of hydrogen-bond donors (Lipinski definition) is 2. The van der Waals surface area contributed by atoms with Crippen molar-refractivity contribution in [3.8, 4) is 0 Å². The van der Waals surface area contributed by atoms with Crippen molar-refractivity contribution in [2.24, 2.45) is 0 Å². The average Bonchev–Trinajstić information content (AvgIpc) is 2.13. The van der Waals surface area contributed by atoms with Crippen LogP contribution in [0.15, 0.2) is 12.1 Å². The van der Waals surface area contributed by atoms with Gasteiger partial charge in [-0.15, -0.1) is 0 Å². The van der Waals surface area contributed by atoms with Crippen LogP contribution in [-0.4, -0.2) is 5.11 Å². The normalized spacial score (nSPS) is 12.9. The second-order valence-corrected chi connectivity index (χ2v) is 3.22. The molecule has 0 spiro atoms. The van der Waals surface area contributed by atoms with Crippen LogP contribution in [-0.2, 0) is 19.0 Å². The van der Waals surface area contributed by atoms with Crippen molar-refractivity contribution in [1.29, 1.82) is 0 Å². The standard InChI is InChI=1S/C9H7F6NO/c10-8(11,12)6-4(3-17)1-2-5(16)7(6)9(13,14)15/h1-2,17H,3,16H2. The minimum atomic E-state index is -5.24. The van der Waals surface area contributed by atoms with Gasteiger partial charge >= 0.3 is 12.4 Å². The number of nitrogen functional groups attached to an aromatic ring is 1. The second kappa shape index (κ2) is 4.10. The molecule has 1 aromatic rings. The molecule has 0 aromatic heterocycles. The summed E-state index contributed by atoms with van der Waals surface area (Å²) >= 11 is 0. The van der Waals surface area contributed by atoms with E-state index in [1.165, 1.54) is 0 Å². The molecular weight excluding hydrogens is 252 g/mol. The number of halogens is 6. The van der Waals surface area contributed by atoms with Crippen LogP contribution in [0.1, 0.15) is 16.7 Å². The number of rotatable bonds is 1. The van der Waals surface area contributed by atoms with E-state index < -0.39 is 41.3 Å². The van der Waals surface area contributed by atoms with Crippen molar-refractivity contribution < 1.29 is 31.4 Å². The Morgan fingerprint density at radius 1 is 0.941 bits per heavy atom. The molecule has 3 N–H and O–H groups in total. The first-order chi connectivity index (χ1) is 7.59. The molecule has 0 amide bonds. The zero-order valence-electron chi connectivity index (χ0n) is 8.15. The number of nitrogens with two attached hydrogens (primary N) is 1. The number of benzene rings is 1. The van der Waals surface area contributed by atoms with Crippen molar-refractivity contribution in [2.45, 2.75) is 19.0 Å². The summed E-state index contributed by atoms with van der Waals surface area (Å²) in [5.41, 5.74) is -0.861. The minimum absolute atomic E-state index is 0.684. The summed E-state index contributed by atoms with van der Waals surface area (Å²) in [6.45, 7) is -1.15. The zero-order valence-corrected chi connectivity index (χ0v) is 8.15. The quantitative estimate of drug-likeness (QED) is 0.601. The molecule has 1 rings (SSSR count). The van der Waals surface area contributed by atoms with Gasteiger partial charge in [0.1, 0.15) is 0 Å². The third-order valence-electron chi connectivity index (χ3n) is 2.06. The van der Waals surface area contributed by atoms with E-state index in [9.17, 15) is 26.3 Å². The molecular formula is C9H7F6NO. The van der Waals surface area contributed by atoms with Crippen molar-refractivity contribution >= 4 is 5.69 Å². The maximum Gasteiger partial charge on any atom is 0.418 e. The van der Waals surface area contributed by atoms with E-state index in [0.717, 1.165) is 0 Å². The predicted octanol–water partition coefficient (Wildman–Crippen LogP) is 2.80. The lowest BCUT2D eigenvalue weighted by molar-refractivity contribution is -0.162. The van der Waals surface area contributed by atoms with E-state index in [4.69, 9.17) is 10.8 Å². The number of hydrogen-bond acceptors (Lipinski definition) is 2. The van der Waals surface area contributed by atoms with Crippen molar-refractivity contribution in [1.82, 2.24) is 0 Å². The highest BCUT2D eigenvalue weighted by Crippen LogP contribution is 2.44. The van der Waals surface area contributed by atoms with Crippen LogP contribution >= 0.6 is 0 Å². The van der Waals surface area contributed by atoms with Crippen LogP contribution in [0.25, 0.3) is 0 Å². The summed E-state index contributed by atoms with van der Waals surface area (Å²) < 4.78 is 75.1. The molecule has 96 valence electrons. The first kappa shape index (κ1) is 13.6. The summed E-state index contributed by atoms with van der Waals surface area (Å²) in [6.07, 6.45) is -10.5. The molecule has 0 heterocycles. The van der Waals surface area contributed by atoms with Gasteiger partial charge in [0.15, 0.2) is 0 Å². The van der Waals surface area contributed by atoms with E-state index in [1.54, 1.807) is 0 Å². The molecule has 0 aliphatic rings. The van der Waals surface area contributed by atoms with Gasteiger partial charge in [-0.05, 0) is 11.6 Å². The first-order valence-corrected chi connectivity index (χ1v) is 4.25. The fourth-order valence-corrected chi connectivity index (χ4v) is 1.42. The van der Waals surface area contributed by atoms with E-state index in [-0.39, 0.29) is 0 Å². The maximum atomic E-state index is 12.5. The SMILES string of the molecule is Nc1ccc(CO)c(C(F)(F)F)c1C(F)(F)F. The van der Waals surface area contributed by atoms with Gasteiger partial charge in [-0.2, -0.15) is 26.3 Å². The largest absolute Gasteiger partial charge is 0.418 e. The zero-order chi connectivity index (χ0) is 13.4. The van der Waals surface area contributed by atoms with E-state index in [1.807, 2.05) is 0 Å². The fraction of sp³-hybridized carbons (Fsp3) is 0.333. The average molecular weight is 259 g/mol. The third kappa shape index (κ3) is 2.63. The molecule has 2 nitrogen and oxygen atoms in total. The third-order valence-corrected chi connectivity index (χ3v) is 2.06. The predicted molar refractivity (Wildman–Crippen MR) is 46.8 cm³/mol. The first-order valence-electron chi connectivity index (χ1n) is 4.25. The lowest BCUT2D eigenvalue weighted by Crippen LogP contribution is -2.21. The van der Waals surface area contributed by atoms with Gasteiger partial charge in [0.05, 0.1) is 17.7 Å². The summed E-state index contributed by atoms with van der Waals surface area (Å²) in [6, 6.07) is 1.40. The summed E-state index contributed by atoms with van der Waals surface area (Å²) in [5, 5.41) is 8.65. The van der Waals surface area contributed by atoms with Crippen LogP contribution in [0, 0.1) is 0 Å². The lowest BCUT2D eigenvalue weighted by atomic mass is 9.98. The summed E-state index contributed by atoms with van der Waals surface area (Å²) in [7, 11) is 0. The topological polar surface area (TPSA) is 46.2 Å². The molecule has 8 heteroatoms. The van der Waals surface area contributed by atoms with Gasteiger partial charge < -0.3 is 10.8 Å². The fourth-order valence-electron chi connectivity index (χ4n) is 1.42. The Hall–Kier alpha value is -1.44. The van der Waals surface area contributed by atoms with Crippen LogP contribution in [0.5, 0.6) is 0 Å². The monoisotopic (exact) mass is 259 g/mol. The Morgan fingerprint density at radius 3 is 1.76 bits per heavy atom. The van der Waals surface area contributed by atoms with Gasteiger partial charge in [-0.1, -0.05) is 6.07 Å². The van der Waals surface area contributed by atoms with Crippen LogP contribution in [0.4, 0.5) is 32.0 Å². The summed E-state index contributed by atoms with van der Waals surface area (Å²) in [5.74, 6) is 0. The van der Waals surface area contributed by atoms with E-state index in [0.29, 0.717) is 12.1 Å². The lowest BCUT2D eigenvalue weighted by Gasteiger charge is -2.20. The van der Waals surface area contributed by atoms with Gasteiger partial charge in [-0.25, -0.2) is 0 Å². The Kier molecular flexibility index (Phi) is 3.28. The Morgan fingerprint density at radius 2 is 1.41 bits per heavy atom. The van der Waals surface area contributed by atoms with Crippen molar-refractivity contribution in [3.63, 3.8) is 0 Å². The molecule has 0 saturated heterocycles. The number of alkyl halides is 6. The van der Waals surface area contributed by atoms with Gasteiger partial charge in [0, 0.05) is 5.69 Å². The smallest absolute Gasteiger partial charge is 0.398 e. The Bertz CT molecular complexity index is 423. The molecule has 0 atom stereocenters. The van der Waals surface area contributed by atoms with Crippen molar-refractivity contribution in [2.75, 3.05) is 5.73 Å². The van der Waals surface area contributed by atoms with Crippen LogP contribution in [0.2, 0.25) is 0 Å². The van der Waals surface area contributed by atoms with Gasteiger partial charge in [0.2, 0.25) is 0 Å². The Balaban J connectivity index is 3.67. The molecule has 0 unspecified atom stereocenters. The van der Waals surface area contributed by atoms with E-state index in [2.05, 4.69) is 0 Å². The van der Waals surface area contributed by atoms with Gasteiger partial charge in [0.25, 0.3) is 0 Å². The molecule has 0 bridgehead atoms. The number of aliphatic hydroxyl groups excluding tert-OH is 1. The minimum Gasteiger partial charge on any atom is -0.398 e. The van der Waals surface area contributed by atoms with Crippen molar-refractivity contribution in [3.05, 3.63) is 28.8 Å². The molecule has 0 radical (unpaired) electrons. The van der Waals surface area contributed by atoms with E-state index >= 15 is 0 Å². The Labute approximate surface area is 91.7 Å².